The van der Waals surface area contributed by atoms with Crippen LogP contribution in [0.3, 0.4) is 0 Å². The molecule has 0 amide bonds. The zero-order chi connectivity index (χ0) is 14.9. The number of hydrogen-bond acceptors (Lipinski definition) is 3. The second kappa shape index (κ2) is 7.60. The van der Waals surface area contributed by atoms with Crippen LogP contribution >= 0.6 is 24.0 Å². The molecule has 0 aromatic heterocycles. The van der Waals surface area contributed by atoms with E-state index in [4.69, 9.17) is 16.3 Å². The van der Waals surface area contributed by atoms with Gasteiger partial charge in [-0.3, -0.25) is 4.90 Å². The lowest BCUT2D eigenvalue weighted by molar-refractivity contribution is 0.241. The van der Waals surface area contributed by atoms with Crippen LogP contribution in [0, 0.1) is 5.92 Å². The second-order valence-corrected chi connectivity index (χ2v) is 7.60. The van der Waals surface area contributed by atoms with Crippen molar-refractivity contribution >= 4 is 24.0 Å². The molecule has 1 aromatic rings. The first-order valence-electron chi connectivity index (χ1n) is 8.66. The number of hydrogen-bond donors (Lipinski definition) is 1. The molecule has 2 heterocycles. The van der Waals surface area contributed by atoms with Gasteiger partial charge in [0.25, 0.3) is 0 Å². The van der Waals surface area contributed by atoms with Crippen molar-refractivity contribution in [3.05, 3.63) is 28.8 Å². The van der Waals surface area contributed by atoms with Crippen molar-refractivity contribution in [1.29, 1.82) is 0 Å². The summed E-state index contributed by atoms with van der Waals surface area (Å²) < 4.78 is 6.05. The van der Waals surface area contributed by atoms with E-state index >= 15 is 0 Å². The summed E-state index contributed by atoms with van der Waals surface area (Å²) in [6.07, 6.45) is 6.58. The first-order chi connectivity index (χ1) is 10.8. The van der Waals surface area contributed by atoms with Crippen LogP contribution < -0.4 is 10.1 Å². The van der Waals surface area contributed by atoms with Gasteiger partial charge in [-0.25, -0.2) is 0 Å². The lowest BCUT2D eigenvalue weighted by atomic mass is 10.1. The lowest BCUT2D eigenvalue weighted by Crippen LogP contribution is -2.35. The molecule has 0 radical (unpaired) electrons. The Balaban J connectivity index is 0.00000156. The third-order valence-electron chi connectivity index (χ3n) is 5.20. The summed E-state index contributed by atoms with van der Waals surface area (Å²) >= 11 is 6.22. The first kappa shape index (κ1) is 17.3. The van der Waals surface area contributed by atoms with Crippen molar-refractivity contribution in [2.75, 3.05) is 19.7 Å². The monoisotopic (exact) mass is 356 g/mol. The second-order valence-electron chi connectivity index (χ2n) is 7.17. The number of nitrogens with one attached hydrogen (secondary N) is 1. The highest BCUT2D eigenvalue weighted by Gasteiger charge is 2.29. The quantitative estimate of drug-likeness (QED) is 0.866. The van der Waals surface area contributed by atoms with Crippen molar-refractivity contribution in [2.45, 2.75) is 50.7 Å². The van der Waals surface area contributed by atoms with Gasteiger partial charge in [0.05, 0.1) is 6.61 Å². The predicted molar refractivity (Wildman–Crippen MR) is 96.8 cm³/mol. The molecule has 1 N–H and O–H groups in total. The highest BCUT2D eigenvalue weighted by atomic mass is 35.5. The summed E-state index contributed by atoms with van der Waals surface area (Å²) in [6, 6.07) is 7.48. The fourth-order valence-electron chi connectivity index (χ4n) is 3.70. The van der Waals surface area contributed by atoms with Crippen molar-refractivity contribution in [3.8, 4) is 5.75 Å². The van der Waals surface area contributed by atoms with Gasteiger partial charge in [-0.1, -0.05) is 11.6 Å². The maximum Gasteiger partial charge on any atom is 0.123 e. The van der Waals surface area contributed by atoms with Gasteiger partial charge in [0.15, 0.2) is 0 Å². The number of ether oxygens (including phenoxy) is 1. The number of likely N-dealkylation sites (tertiary alicyclic amines) is 1. The molecule has 2 aliphatic heterocycles. The van der Waals surface area contributed by atoms with E-state index in [2.05, 4.69) is 16.3 Å². The summed E-state index contributed by atoms with van der Waals surface area (Å²) in [4.78, 5) is 2.56. The fraction of sp³-hybridized carbons (Fsp3) is 0.667. The Bertz CT molecular complexity index is 536. The third-order valence-corrected chi connectivity index (χ3v) is 5.43. The number of halogens is 2. The molecule has 23 heavy (non-hydrogen) atoms. The van der Waals surface area contributed by atoms with Crippen LogP contribution in [0.4, 0.5) is 0 Å². The minimum atomic E-state index is 0. The number of benzene rings is 1. The normalized spacial score (nSPS) is 27.3. The van der Waals surface area contributed by atoms with Crippen LogP contribution in [-0.4, -0.2) is 36.7 Å². The average molecular weight is 357 g/mol. The van der Waals surface area contributed by atoms with E-state index in [1.54, 1.807) is 0 Å². The Morgan fingerprint density at radius 3 is 2.78 bits per heavy atom. The van der Waals surface area contributed by atoms with E-state index in [0.717, 1.165) is 42.4 Å². The molecule has 3 fully saturated rings. The molecule has 2 unspecified atom stereocenters. The molecule has 1 aliphatic carbocycles. The van der Waals surface area contributed by atoms with E-state index in [9.17, 15) is 0 Å². The van der Waals surface area contributed by atoms with Crippen LogP contribution in [0.5, 0.6) is 5.75 Å². The van der Waals surface area contributed by atoms with Crippen molar-refractivity contribution in [1.82, 2.24) is 10.2 Å². The fourth-order valence-corrected chi connectivity index (χ4v) is 3.90. The van der Waals surface area contributed by atoms with E-state index in [-0.39, 0.29) is 12.4 Å². The molecule has 1 saturated carbocycles. The number of nitrogens with zero attached hydrogens (tertiary/aromatic N) is 1. The number of fused-ring (bicyclic) bond motifs is 2. The average Bonchev–Trinajstić information content (AvgIpc) is 3.24. The SMILES string of the molecule is Cl.Clc1ccc(OCC2CC2)c(CN2CCC3CCC(C2)N3)c1. The Morgan fingerprint density at radius 2 is 1.96 bits per heavy atom. The Kier molecular flexibility index (Phi) is 5.74. The smallest absolute Gasteiger partial charge is 0.123 e. The largest absolute Gasteiger partial charge is 0.493 e. The Labute approximate surface area is 150 Å². The van der Waals surface area contributed by atoms with E-state index in [0.29, 0.717) is 6.04 Å². The zero-order valence-corrected chi connectivity index (χ0v) is 15.0. The minimum Gasteiger partial charge on any atom is -0.493 e. The molecular weight excluding hydrogens is 331 g/mol. The Morgan fingerprint density at radius 1 is 1.13 bits per heavy atom. The molecule has 3 aliphatic rings. The lowest BCUT2D eigenvalue weighted by Gasteiger charge is -2.25. The summed E-state index contributed by atoms with van der Waals surface area (Å²) in [5, 5.41) is 4.55. The molecule has 0 spiro atoms. The van der Waals surface area contributed by atoms with E-state index < -0.39 is 0 Å². The van der Waals surface area contributed by atoms with Gasteiger partial charge in [0.2, 0.25) is 0 Å². The van der Waals surface area contributed by atoms with Crippen LogP contribution in [0.1, 0.15) is 37.7 Å². The van der Waals surface area contributed by atoms with Crippen LogP contribution in [0.15, 0.2) is 18.2 Å². The highest BCUT2D eigenvalue weighted by Crippen LogP contribution is 2.32. The highest BCUT2D eigenvalue weighted by molar-refractivity contribution is 6.30. The Hall–Kier alpha value is -0.480. The maximum atomic E-state index is 6.22. The predicted octanol–water partition coefficient (Wildman–Crippen LogP) is 3.88. The van der Waals surface area contributed by atoms with Gasteiger partial charge in [0, 0.05) is 42.3 Å². The van der Waals surface area contributed by atoms with Gasteiger partial charge in [0.1, 0.15) is 5.75 Å². The third kappa shape index (κ3) is 4.54. The zero-order valence-electron chi connectivity index (χ0n) is 13.5. The van der Waals surface area contributed by atoms with Crippen molar-refractivity contribution < 1.29 is 4.74 Å². The summed E-state index contributed by atoms with van der Waals surface area (Å²) in [5.41, 5.74) is 1.24. The standard InChI is InChI=1S/C18H25ClN2O.ClH/c19-15-3-6-18(22-12-13-1-2-13)14(9-15)10-21-8-7-16-4-5-17(11-21)20-16;/h3,6,9,13,16-17,20H,1-2,4-5,7-8,10-12H2;1H. The number of rotatable bonds is 5. The maximum absolute atomic E-state index is 6.22. The van der Waals surface area contributed by atoms with E-state index in [1.165, 1.54) is 44.2 Å². The van der Waals surface area contributed by atoms with Gasteiger partial charge < -0.3 is 10.1 Å². The molecule has 1 aromatic carbocycles. The molecular formula is C18H26Cl2N2O. The topological polar surface area (TPSA) is 24.5 Å². The summed E-state index contributed by atoms with van der Waals surface area (Å²) in [7, 11) is 0. The van der Waals surface area contributed by atoms with E-state index in [1.807, 2.05) is 12.1 Å². The van der Waals surface area contributed by atoms with Crippen molar-refractivity contribution in [2.24, 2.45) is 5.92 Å². The molecule has 5 heteroatoms. The first-order valence-corrected chi connectivity index (χ1v) is 9.04. The summed E-state index contributed by atoms with van der Waals surface area (Å²) in [6.45, 7) is 4.13. The van der Waals surface area contributed by atoms with Crippen molar-refractivity contribution in [3.63, 3.8) is 0 Å². The van der Waals surface area contributed by atoms with Gasteiger partial charge >= 0.3 is 0 Å². The molecule has 3 nitrogen and oxygen atoms in total. The van der Waals surface area contributed by atoms with Crippen LogP contribution in [0.2, 0.25) is 5.02 Å². The van der Waals surface area contributed by atoms with Gasteiger partial charge in [-0.15, -0.1) is 12.4 Å². The molecule has 2 saturated heterocycles. The molecule has 2 atom stereocenters. The minimum absolute atomic E-state index is 0. The van der Waals surface area contributed by atoms with Gasteiger partial charge in [-0.05, 0) is 56.2 Å². The van der Waals surface area contributed by atoms with Crippen LogP contribution in [0.25, 0.3) is 0 Å². The summed E-state index contributed by atoms with van der Waals surface area (Å²) in [5.74, 6) is 1.81. The molecule has 4 rings (SSSR count). The molecule has 128 valence electrons. The van der Waals surface area contributed by atoms with Crippen LogP contribution in [-0.2, 0) is 6.54 Å². The van der Waals surface area contributed by atoms with Gasteiger partial charge in [-0.2, -0.15) is 0 Å². The molecule has 2 bridgehead atoms.